The molecule has 0 saturated heterocycles. The summed E-state index contributed by atoms with van der Waals surface area (Å²) in [7, 11) is 1.94. The van der Waals surface area contributed by atoms with Gasteiger partial charge in [-0.2, -0.15) is 5.10 Å². The van der Waals surface area contributed by atoms with Crippen molar-refractivity contribution in [1.82, 2.24) is 14.7 Å². The van der Waals surface area contributed by atoms with E-state index in [1.807, 2.05) is 48.7 Å². The van der Waals surface area contributed by atoms with Crippen molar-refractivity contribution < 1.29 is 9.53 Å². The highest BCUT2D eigenvalue weighted by molar-refractivity contribution is 6.01. The standard InChI is InChI=1S/C28H39N3O2/c1-8-33-26-18-22(10-9-21(26)6)27-24-12-11-23(17-25(24)30(7)29-27)28(32)31(15-13-19(2)3)16-14-20(4)5/h9-12,17-20H,8,13-16H2,1-7H3. The molecule has 0 saturated carbocycles. The highest BCUT2D eigenvalue weighted by atomic mass is 16.5. The summed E-state index contributed by atoms with van der Waals surface area (Å²) >= 11 is 0. The number of rotatable bonds is 10. The summed E-state index contributed by atoms with van der Waals surface area (Å²) in [4.78, 5) is 15.5. The van der Waals surface area contributed by atoms with E-state index in [4.69, 9.17) is 9.84 Å². The molecule has 0 aliphatic heterocycles. The van der Waals surface area contributed by atoms with Gasteiger partial charge in [0.25, 0.3) is 5.91 Å². The predicted molar refractivity (Wildman–Crippen MR) is 137 cm³/mol. The summed E-state index contributed by atoms with van der Waals surface area (Å²) < 4.78 is 7.66. The normalized spacial score (nSPS) is 11.5. The number of carbonyl (C=O) groups excluding carboxylic acids is 1. The minimum atomic E-state index is 0.106. The van der Waals surface area contributed by atoms with Crippen LogP contribution in [-0.2, 0) is 7.05 Å². The number of nitrogens with zero attached hydrogens (tertiary/aromatic N) is 3. The monoisotopic (exact) mass is 449 g/mol. The van der Waals surface area contributed by atoms with Gasteiger partial charge in [0.15, 0.2) is 0 Å². The summed E-state index contributed by atoms with van der Waals surface area (Å²) in [5.74, 6) is 2.12. The Morgan fingerprint density at radius 2 is 1.70 bits per heavy atom. The Bertz CT molecular complexity index is 1090. The fourth-order valence-corrected chi connectivity index (χ4v) is 3.99. The molecule has 0 radical (unpaired) electrons. The molecule has 33 heavy (non-hydrogen) atoms. The zero-order chi connectivity index (χ0) is 24.1. The van der Waals surface area contributed by atoms with E-state index in [0.29, 0.717) is 18.4 Å². The topological polar surface area (TPSA) is 47.4 Å². The second kappa shape index (κ2) is 10.9. The van der Waals surface area contributed by atoms with Gasteiger partial charge in [0, 0.05) is 36.7 Å². The van der Waals surface area contributed by atoms with Gasteiger partial charge in [-0.1, -0.05) is 39.8 Å². The molecule has 5 heteroatoms. The molecule has 0 atom stereocenters. The van der Waals surface area contributed by atoms with Crippen molar-refractivity contribution in [2.75, 3.05) is 19.7 Å². The first kappa shape index (κ1) is 24.8. The Hall–Kier alpha value is -2.82. The number of benzene rings is 2. The first-order chi connectivity index (χ1) is 15.7. The molecule has 2 aromatic carbocycles. The van der Waals surface area contributed by atoms with Gasteiger partial charge in [0.2, 0.25) is 0 Å². The smallest absolute Gasteiger partial charge is 0.253 e. The fraction of sp³-hybridized carbons (Fsp3) is 0.500. The molecule has 1 aromatic heterocycles. The maximum Gasteiger partial charge on any atom is 0.253 e. The van der Waals surface area contributed by atoms with Crippen molar-refractivity contribution in [3.05, 3.63) is 47.5 Å². The zero-order valence-electron chi connectivity index (χ0n) is 21.3. The molecule has 0 unspecified atom stereocenters. The second-order valence-corrected chi connectivity index (χ2v) is 9.77. The molecule has 0 fully saturated rings. The molecular weight excluding hydrogens is 410 g/mol. The van der Waals surface area contributed by atoms with Crippen LogP contribution in [0.2, 0.25) is 0 Å². The highest BCUT2D eigenvalue weighted by Crippen LogP contribution is 2.32. The van der Waals surface area contributed by atoms with Crippen molar-refractivity contribution in [2.45, 2.75) is 54.4 Å². The number of fused-ring (bicyclic) bond motifs is 1. The maximum absolute atomic E-state index is 13.4. The van der Waals surface area contributed by atoms with Gasteiger partial charge in [-0.15, -0.1) is 0 Å². The molecule has 3 rings (SSSR count). The van der Waals surface area contributed by atoms with E-state index in [1.54, 1.807) is 0 Å². The number of aromatic nitrogens is 2. The quantitative estimate of drug-likeness (QED) is 0.356. The molecule has 0 aliphatic rings. The van der Waals surface area contributed by atoms with Crippen LogP contribution in [0.5, 0.6) is 5.75 Å². The van der Waals surface area contributed by atoms with Gasteiger partial charge in [-0.25, -0.2) is 0 Å². The fourth-order valence-electron chi connectivity index (χ4n) is 3.99. The molecule has 0 spiro atoms. The Balaban J connectivity index is 1.94. The number of ether oxygens (including phenoxy) is 1. The average Bonchev–Trinajstić information content (AvgIpc) is 3.10. The third-order valence-electron chi connectivity index (χ3n) is 6.10. The van der Waals surface area contributed by atoms with Gasteiger partial charge in [0.1, 0.15) is 11.4 Å². The Labute approximate surface area is 198 Å². The van der Waals surface area contributed by atoms with Crippen LogP contribution in [-0.4, -0.2) is 40.3 Å². The molecular formula is C28H39N3O2. The lowest BCUT2D eigenvalue weighted by Gasteiger charge is -2.24. The zero-order valence-corrected chi connectivity index (χ0v) is 21.3. The third-order valence-corrected chi connectivity index (χ3v) is 6.10. The van der Waals surface area contributed by atoms with E-state index < -0.39 is 0 Å². The first-order valence-corrected chi connectivity index (χ1v) is 12.2. The lowest BCUT2D eigenvalue weighted by Crippen LogP contribution is -2.34. The van der Waals surface area contributed by atoms with Gasteiger partial charge in [-0.3, -0.25) is 9.48 Å². The summed E-state index contributed by atoms with van der Waals surface area (Å²) in [6.45, 7) is 15.1. The number of amides is 1. The minimum Gasteiger partial charge on any atom is -0.494 e. The third kappa shape index (κ3) is 5.95. The average molecular weight is 450 g/mol. The van der Waals surface area contributed by atoms with Crippen molar-refractivity contribution in [2.24, 2.45) is 18.9 Å². The van der Waals surface area contributed by atoms with Crippen molar-refractivity contribution in [3.8, 4) is 17.0 Å². The van der Waals surface area contributed by atoms with Gasteiger partial charge < -0.3 is 9.64 Å². The van der Waals surface area contributed by atoms with Crippen molar-refractivity contribution >= 4 is 16.8 Å². The van der Waals surface area contributed by atoms with Crippen molar-refractivity contribution in [1.29, 1.82) is 0 Å². The summed E-state index contributed by atoms with van der Waals surface area (Å²) in [6.07, 6.45) is 2.02. The van der Waals surface area contributed by atoms with Gasteiger partial charge >= 0.3 is 0 Å². The van der Waals surface area contributed by atoms with Crippen molar-refractivity contribution in [3.63, 3.8) is 0 Å². The number of aryl methyl sites for hydroxylation is 2. The van der Waals surface area contributed by atoms with Crippen LogP contribution < -0.4 is 4.74 Å². The highest BCUT2D eigenvalue weighted by Gasteiger charge is 2.19. The SMILES string of the molecule is CCOc1cc(-c2nn(C)c3cc(C(=O)N(CCC(C)C)CCC(C)C)ccc23)ccc1C. The summed E-state index contributed by atoms with van der Waals surface area (Å²) in [5, 5.41) is 5.83. The van der Waals surface area contributed by atoms with E-state index in [2.05, 4.69) is 45.9 Å². The van der Waals surface area contributed by atoms with Crippen LogP contribution in [0, 0.1) is 18.8 Å². The molecule has 1 heterocycles. The second-order valence-electron chi connectivity index (χ2n) is 9.77. The van der Waals surface area contributed by atoms with Crippen LogP contribution in [0.15, 0.2) is 36.4 Å². The largest absolute Gasteiger partial charge is 0.494 e. The minimum absolute atomic E-state index is 0.106. The molecule has 0 bridgehead atoms. The van der Waals surface area contributed by atoms with Crippen LogP contribution in [0.3, 0.4) is 0 Å². The molecule has 0 aliphatic carbocycles. The first-order valence-electron chi connectivity index (χ1n) is 12.2. The molecule has 5 nitrogen and oxygen atoms in total. The number of hydrogen-bond donors (Lipinski definition) is 0. The van der Waals surface area contributed by atoms with E-state index in [9.17, 15) is 4.79 Å². The summed E-state index contributed by atoms with van der Waals surface area (Å²) in [5.41, 5.74) is 4.72. The molecule has 1 amide bonds. The lowest BCUT2D eigenvalue weighted by molar-refractivity contribution is 0.0741. The van der Waals surface area contributed by atoms with Crippen LogP contribution >= 0.6 is 0 Å². The van der Waals surface area contributed by atoms with E-state index >= 15 is 0 Å². The van der Waals surface area contributed by atoms with Crippen LogP contribution in [0.25, 0.3) is 22.2 Å². The van der Waals surface area contributed by atoms with Crippen LogP contribution in [0.4, 0.5) is 0 Å². The van der Waals surface area contributed by atoms with Gasteiger partial charge in [-0.05, 0) is 68.4 Å². The maximum atomic E-state index is 13.4. The Kier molecular flexibility index (Phi) is 8.17. The van der Waals surface area contributed by atoms with E-state index in [-0.39, 0.29) is 5.91 Å². The van der Waals surface area contributed by atoms with E-state index in [1.165, 1.54) is 0 Å². The Morgan fingerprint density at radius 1 is 1.03 bits per heavy atom. The Morgan fingerprint density at radius 3 is 2.30 bits per heavy atom. The van der Waals surface area contributed by atoms with E-state index in [0.717, 1.165) is 65.0 Å². The number of carbonyl (C=O) groups is 1. The predicted octanol–water partition coefficient (Wildman–Crippen LogP) is 6.48. The number of hydrogen-bond acceptors (Lipinski definition) is 3. The lowest BCUT2D eigenvalue weighted by atomic mass is 10.0. The van der Waals surface area contributed by atoms with Gasteiger partial charge in [0.05, 0.1) is 12.1 Å². The summed E-state index contributed by atoms with van der Waals surface area (Å²) in [6, 6.07) is 12.2. The van der Waals surface area contributed by atoms with Crippen LogP contribution in [0.1, 0.15) is 63.4 Å². The molecule has 178 valence electrons. The molecule has 0 N–H and O–H groups in total. The molecule has 3 aromatic rings.